The first-order chi connectivity index (χ1) is 7.24. The lowest BCUT2D eigenvalue weighted by Gasteiger charge is -2.10. The molecule has 0 aliphatic heterocycles. The number of hydrogen-bond donors (Lipinski definition) is 1. The van der Waals surface area contributed by atoms with Gasteiger partial charge in [0, 0.05) is 5.92 Å². The Labute approximate surface area is 94.6 Å². The number of aliphatic hydroxyl groups is 1. The maximum absolute atomic E-state index is 9.66. The molecule has 1 unspecified atom stereocenters. The average molecular weight is 210 g/mol. The number of rotatable bonds is 6. The summed E-state index contributed by atoms with van der Waals surface area (Å²) in [5.74, 6) is 1.13. The lowest BCUT2D eigenvalue weighted by Crippen LogP contribution is -2.10. The molecule has 15 heavy (non-hydrogen) atoms. The highest BCUT2D eigenvalue weighted by molar-refractivity contribution is 4.96. The van der Waals surface area contributed by atoms with Crippen molar-refractivity contribution in [2.24, 2.45) is 11.8 Å². The van der Waals surface area contributed by atoms with Crippen LogP contribution in [-0.2, 0) is 0 Å². The Kier molecular flexibility index (Phi) is 6.00. The molecule has 1 saturated carbocycles. The van der Waals surface area contributed by atoms with Gasteiger partial charge in [-0.15, -0.1) is 0 Å². The predicted molar refractivity (Wildman–Crippen MR) is 65.8 cm³/mol. The highest BCUT2D eigenvalue weighted by atomic mass is 16.3. The van der Waals surface area contributed by atoms with Gasteiger partial charge in [0.25, 0.3) is 0 Å². The Morgan fingerprint density at radius 1 is 1.33 bits per heavy atom. The first-order valence-electron chi connectivity index (χ1n) is 6.60. The van der Waals surface area contributed by atoms with E-state index in [0.29, 0.717) is 11.8 Å². The van der Waals surface area contributed by atoms with Crippen LogP contribution in [-0.4, -0.2) is 11.2 Å². The van der Waals surface area contributed by atoms with Crippen molar-refractivity contribution >= 4 is 0 Å². The molecule has 1 heteroatoms. The highest BCUT2D eigenvalue weighted by Gasteiger charge is 2.22. The van der Waals surface area contributed by atoms with Crippen molar-refractivity contribution in [1.29, 1.82) is 0 Å². The zero-order valence-corrected chi connectivity index (χ0v) is 10.3. The SMILES string of the molecule is CCCCC[C@H](C)/C=C/C1CCC[C@H]1O. The lowest BCUT2D eigenvalue weighted by molar-refractivity contribution is 0.153. The van der Waals surface area contributed by atoms with Crippen LogP contribution in [0.25, 0.3) is 0 Å². The fraction of sp³-hybridized carbons (Fsp3) is 0.857. The molecule has 1 rings (SSSR count). The molecule has 0 radical (unpaired) electrons. The van der Waals surface area contributed by atoms with E-state index in [1.165, 1.54) is 38.5 Å². The van der Waals surface area contributed by atoms with Gasteiger partial charge in [-0.1, -0.05) is 51.7 Å². The van der Waals surface area contributed by atoms with Crippen molar-refractivity contribution in [2.75, 3.05) is 0 Å². The van der Waals surface area contributed by atoms with Gasteiger partial charge in [0.05, 0.1) is 6.10 Å². The van der Waals surface area contributed by atoms with E-state index in [9.17, 15) is 5.11 Å². The number of aliphatic hydroxyl groups excluding tert-OH is 1. The summed E-state index contributed by atoms with van der Waals surface area (Å²) in [5.41, 5.74) is 0. The standard InChI is InChI=1S/C14H26O/c1-3-4-5-7-12(2)10-11-13-8-6-9-14(13)15/h10-15H,3-9H2,1-2H3/b11-10+/t12-,13?,14+/m0/s1. The summed E-state index contributed by atoms with van der Waals surface area (Å²) in [6.45, 7) is 4.53. The molecule has 1 fully saturated rings. The zero-order chi connectivity index (χ0) is 11.1. The van der Waals surface area contributed by atoms with Crippen LogP contribution in [0, 0.1) is 11.8 Å². The minimum atomic E-state index is -0.0657. The monoisotopic (exact) mass is 210 g/mol. The molecule has 3 atom stereocenters. The second-order valence-electron chi connectivity index (χ2n) is 5.02. The Morgan fingerprint density at radius 2 is 2.13 bits per heavy atom. The minimum absolute atomic E-state index is 0.0657. The third-order valence-corrected chi connectivity index (χ3v) is 3.48. The van der Waals surface area contributed by atoms with Crippen molar-refractivity contribution in [2.45, 2.75) is 64.9 Å². The van der Waals surface area contributed by atoms with Crippen LogP contribution in [0.3, 0.4) is 0 Å². The summed E-state index contributed by atoms with van der Waals surface area (Å²) >= 11 is 0. The summed E-state index contributed by atoms with van der Waals surface area (Å²) in [5, 5.41) is 9.66. The van der Waals surface area contributed by atoms with E-state index >= 15 is 0 Å². The molecule has 0 heterocycles. The fourth-order valence-corrected chi connectivity index (χ4v) is 2.34. The van der Waals surface area contributed by atoms with Crippen LogP contribution in [0.1, 0.15) is 58.8 Å². The minimum Gasteiger partial charge on any atom is -0.393 e. The molecule has 0 bridgehead atoms. The third-order valence-electron chi connectivity index (χ3n) is 3.48. The molecule has 0 aromatic rings. The second kappa shape index (κ2) is 7.05. The largest absolute Gasteiger partial charge is 0.393 e. The van der Waals surface area contributed by atoms with E-state index in [4.69, 9.17) is 0 Å². The number of hydrogen-bond acceptors (Lipinski definition) is 1. The smallest absolute Gasteiger partial charge is 0.0602 e. The summed E-state index contributed by atoms with van der Waals surface area (Å²) < 4.78 is 0. The molecule has 0 saturated heterocycles. The second-order valence-corrected chi connectivity index (χ2v) is 5.02. The van der Waals surface area contributed by atoms with Gasteiger partial charge in [0.1, 0.15) is 0 Å². The van der Waals surface area contributed by atoms with E-state index in [2.05, 4.69) is 26.0 Å². The quantitative estimate of drug-likeness (QED) is 0.520. The van der Waals surface area contributed by atoms with E-state index in [1.807, 2.05) is 0 Å². The normalized spacial score (nSPS) is 28.7. The van der Waals surface area contributed by atoms with Gasteiger partial charge in [-0.05, 0) is 25.2 Å². The third kappa shape index (κ3) is 4.83. The molecular formula is C14H26O. The molecule has 0 spiro atoms. The molecule has 88 valence electrons. The Morgan fingerprint density at radius 3 is 2.73 bits per heavy atom. The molecule has 1 aliphatic rings. The van der Waals surface area contributed by atoms with Gasteiger partial charge in [-0.25, -0.2) is 0 Å². The summed E-state index contributed by atoms with van der Waals surface area (Å²) in [6, 6.07) is 0. The van der Waals surface area contributed by atoms with E-state index in [-0.39, 0.29) is 6.10 Å². The van der Waals surface area contributed by atoms with Crippen LogP contribution in [0.15, 0.2) is 12.2 Å². The molecule has 1 N–H and O–H groups in total. The molecule has 1 nitrogen and oxygen atoms in total. The van der Waals surface area contributed by atoms with Gasteiger partial charge in [0.15, 0.2) is 0 Å². The number of unbranched alkanes of at least 4 members (excludes halogenated alkanes) is 2. The van der Waals surface area contributed by atoms with E-state index in [0.717, 1.165) is 6.42 Å². The van der Waals surface area contributed by atoms with E-state index in [1.54, 1.807) is 0 Å². The van der Waals surface area contributed by atoms with Crippen molar-refractivity contribution in [3.8, 4) is 0 Å². The fourth-order valence-electron chi connectivity index (χ4n) is 2.34. The topological polar surface area (TPSA) is 20.2 Å². The van der Waals surface area contributed by atoms with Crippen LogP contribution in [0.2, 0.25) is 0 Å². The highest BCUT2D eigenvalue weighted by Crippen LogP contribution is 2.27. The van der Waals surface area contributed by atoms with Crippen molar-refractivity contribution in [1.82, 2.24) is 0 Å². The van der Waals surface area contributed by atoms with Crippen molar-refractivity contribution in [3.63, 3.8) is 0 Å². The zero-order valence-electron chi connectivity index (χ0n) is 10.3. The maximum Gasteiger partial charge on any atom is 0.0602 e. The predicted octanol–water partition coefficient (Wildman–Crippen LogP) is 3.92. The Balaban J connectivity index is 2.18. The van der Waals surface area contributed by atoms with Gasteiger partial charge in [-0.2, -0.15) is 0 Å². The number of allylic oxidation sites excluding steroid dienone is 1. The first-order valence-corrected chi connectivity index (χ1v) is 6.60. The van der Waals surface area contributed by atoms with Gasteiger partial charge in [-0.3, -0.25) is 0 Å². The van der Waals surface area contributed by atoms with Gasteiger partial charge in [0.2, 0.25) is 0 Å². The Bertz CT molecular complexity index is 186. The molecular weight excluding hydrogens is 184 g/mol. The first kappa shape index (κ1) is 12.8. The van der Waals surface area contributed by atoms with Gasteiger partial charge < -0.3 is 5.11 Å². The Hall–Kier alpha value is -0.300. The van der Waals surface area contributed by atoms with E-state index < -0.39 is 0 Å². The van der Waals surface area contributed by atoms with Gasteiger partial charge >= 0.3 is 0 Å². The average Bonchev–Trinajstić information content (AvgIpc) is 2.61. The van der Waals surface area contributed by atoms with Crippen molar-refractivity contribution < 1.29 is 5.11 Å². The molecule has 1 aliphatic carbocycles. The van der Waals surface area contributed by atoms with Crippen molar-refractivity contribution in [3.05, 3.63) is 12.2 Å². The molecule has 0 aromatic heterocycles. The van der Waals surface area contributed by atoms with Crippen LogP contribution >= 0.6 is 0 Å². The summed E-state index contributed by atoms with van der Waals surface area (Å²) in [7, 11) is 0. The maximum atomic E-state index is 9.66. The van der Waals surface area contributed by atoms with Crippen LogP contribution in [0.4, 0.5) is 0 Å². The lowest BCUT2D eigenvalue weighted by atomic mass is 9.99. The van der Waals surface area contributed by atoms with Crippen LogP contribution < -0.4 is 0 Å². The molecule has 0 amide bonds. The summed E-state index contributed by atoms with van der Waals surface area (Å²) in [4.78, 5) is 0. The molecule has 0 aromatic carbocycles. The summed E-state index contributed by atoms with van der Waals surface area (Å²) in [6.07, 6.45) is 13.2. The van der Waals surface area contributed by atoms with Crippen LogP contribution in [0.5, 0.6) is 0 Å².